The first-order valence-corrected chi connectivity index (χ1v) is 3.60. The zero-order chi connectivity index (χ0) is 11.1. The minimum absolute atomic E-state index is 0. The number of pyridine rings is 1. The summed E-state index contributed by atoms with van der Waals surface area (Å²) in [5.74, 6) is 0. The number of hydrogen-bond acceptors (Lipinski definition) is 6. The van der Waals surface area contributed by atoms with Crippen LogP contribution in [0.15, 0.2) is 18.3 Å². The molecule has 0 bridgehead atoms. The number of nitrogens with zero attached hydrogens (tertiary/aromatic N) is 1. The zero-order valence-corrected chi connectivity index (χ0v) is 21.9. The van der Waals surface area contributed by atoms with Crippen molar-refractivity contribution in [3.05, 3.63) is 24.0 Å². The number of aromatic nitrogens is 1. The van der Waals surface area contributed by atoms with E-state index in [1.54, 1.807) is 12.1 Å². The first-order valence-electron chi connectivity index (χ1n) is 3.60. The van der Waals surface area contributed by atoms with Crippen molar-refractivity contribution in [3.63, 3.8) is 0 Å². The summed E-state index contributed by atoms with van der Waals surface area (Å²) >= 11 is 0. The molecule has 0 aliphatic heterocycles. The van der Waals surface area contributed by atoms with Crippen molar-refractivity contribution in [1.82, 2.24) is 4.98 Å². The molecule has 76 valence electrons. The number of rotatable bonds is 1. The summed E-state index contributed by atoms with van der Waals surface area (Å²) in [6, 6.07) is 3.36. The third-order valence-electron chi connectivity index (χ3n) is 1.23. The molecule has 0 aliphatic carbocycles. The maximum Gasteiger partial charge on any atom is 1.00 e. The van der Waals surface area contributed by atoms with E-state index in [0.717, 1.165) is 5.69 Å². The molecule has 9 heteroatoms. The molecule has 16 heavy (non-hydrogen) atoms. The fraction of sp³-hybridized carbons (Fsp3) is 0.143. The van der Waals surface area contributed by atoms with Gasteiger partial charge in [-0.3, -0.25) is 4.98 Å². The van der Waals surface area contributed by atoms with Crippen molar-refractivity contribution in [1.29, 1.82) is 0 Å². The molecule has 1 aromatic rings. The summed E-state index contributed by atoms with van der Waals surface area (Å²) in [7, 11) is -1.41. The number of hydrogen-bond donors (Lipinski definition) is 2. The van der Waals surface area contributed by atoms with Crippen molar-refractivity contribution >= 4 is 18.7 Å². The van der Waals surface area contributed by atoms with Crippen LogP contribution in [0.25, 0.3) is 0 Å². The van der Waals surface area contributed by atoms with Gasteiger partial charge in [0.05, 0.1) is 0 Å². The molecule has 0 amide bonds. The van der Waals surface area contributed by atoms with Gasteiger partial charge in [-0.2, -0.15) is 0 Å². The largest absolute Gasteiger partial charge is 1.00 e. The molecule has 0 radical (unpaired) electrons. The second-order valence-electron chi connectivity index (χ2n) is 2.36. The van der Waals surface area contributed by atoms with Crippen molar-refractivity contribution < 1.29 is 163 Å². The van der Waals surface area contributed by atoms with Gasteiger partial charge in [-0.1, -0.05) is 6.07 Å². The van der Waals surface area contributed by atoms with Gasteiger partial charge in [0.1, 0.15) is 0 Å². The molecule has 1 heterocycles. The number of carbonyl (C=O) groups excluding carboxylic acids is 1. The standard InChI is InChI=1S/C6H8BNO2.CH2O3.2Cs/c1-5-2-3-6(4-8-5)7(9)10;2-1(3)4;;/h2-4,9-10H,1H3;(H2,2,3,4);;/q;;2*+1/p-2. The quantitative estimate of drug-likeness (QED) is 0.400. The Labute approximate surface area is 211 Å². The number of carboxylic acid groups (broad SMARTS) is 2. The molecule has 0 saturated carbocycles. The minimum Gasteiger partial charge on any atom is -0.652 e. The van der Waals surface area contributed by atoms with E-state index in [9.17, 15) is 0 Å². The Kier molecular flexibility index (Phi) is 20.5. The molecule has 0 saturated heterocycles. The van der Waals surface area contributed by atoms with Crippen LogP contribution in [0.3, 0.4) is 0 Å². The molecular formula is C7H8BCs2NO5. The number of aryl methyl sites for hydroxylation is 1. The molecule has 1 aromatic heterocycles. The molecule has 0 atom stereocenters. The van der Waals surface area contributed by atoms with E-state index in [1.807, 2.05) is 6.92 Å². The molecule has 0 unspecified atom stereocenters. The second-order valence-corrected chi connectivity index (χ2v) is 2.36. The first-order chi connectivity index (χ1) is 6.43. The predicted octanol–water partition coefficient (Wildman–Crippen LogP) is -9.37. The summed E-state index contributed by atoms with van der Waals surface area (Å²) < 4.78 is 0. The minimum atomic E-state index is -2.33. The number of carbonyl (C=O) groups is 1. The fourth-order valence-electron chi connectivity index (χ4n) is 0.632. The summed E-state index contributed by atoms with van der Waals surface area (Å²) in [5.41, 5.74) is 1.29. The Morgan fingerprint density at radius 3 is 2.00 bits per heavy atom. The van der Waals surface area contributed by atoms with Crippen LogP contribution in [0.2, 0.25) is 0 Å². The predicted molar refractivity (Wildman–Crippen MR) is 44.2 cm³/mol. The molecule has 0 aliphatic rings. The van der Waals surface area contributed by atoms with Crippen molar-refractivity contribution in [2.45, 2.75) is 6.92 Å². The van der Waals surface area contributed by atoms with Crippen LogP contribution in [0.4, 0.5) is 4.79 Å². The maximum absolute atomic E-state index is 8.63. The van der Waals surface area contributed by atoms with Crippen LogP contribution in [-0.2, 0) is 0 Å². The second kappa shape index (κ2) is 13.9. The molecular weight excluding hydrogens is 455 g/mol. The molecule has 0 aromatic carbocycles. The fourth-order valence-corrected chi connectivity index (χ4v) is 0.632. The van der Waals surface area contributed by atoms with Crippen molar-refractivity contribution in [2.24, 2.45) is 0 Å². The normalized spacial score (nSPS) is 7.44. The topological polar surface area (TPSA) is 117 Å². The van der Waals surface area contributed by atoms with E-state index in [2.05, 4.69) is 4.98 Å². The van der Waals surface area contributed by atoms with Gasteiger partial charge < -0.3 is 25.1 Å². The van der Waals surface area contributed by atoms with Gasteiger partial charge in [-0.25, -0.2) is 0 Å². The van der Waals surface area contributed by atoms with E-state index >= 15 is 0 Å². The van der Waals surface area contributed by atoms with Crippen LogP contribution >= 0.6 is 0 Å². The van der Waals surface area contributed by atoms with Crippen molar-refractivity contribution in [2.75, 3.05) is 0 Å². The molecule has 0 spiro atoms. The Morgan fingerprint density at radius 1 is 1.31 bits per heavy atom. The van der Waals surface area contributed by atoms with E-state index in [1.165, 1.54) is 6.20 Å². The summed E-state index contributed by atoms with van der Waals surface area (Å²) in [6.45, 7) is 1.84. The summed E-state index contributed by atoms with van der Waals surface area (Å²) in [6.07, 6.45) is -0.889. The molecule has 6 nitrogen and oxygen atoms in total. The van der Waals surface area contributed by atoms with Crippen LogP contribution in [0.5, 0.6) is 0 Å². The van der Waals surface area contributed by atoms with Gasteiger partial charge in [0.2, 0.25) is 0 Å². The average molecular weight is 463 g/mol. The van der Waals surface area contributed by atoms with Crippen LogP contribution in [0.1, 0.15) is 5.69 Å². The third kappa shape index (κ3) is 14.6. The summed E-state index contributed by atoms with van der Waals surface area (Å²) in [5, 5.41) is 33.9. The van der Waals surface area contributed by atoms with Gasteiger partial charge in [0.15, 0.2) is 0 Å². The SMILES string of the molecule is Cc1ccc(B(O)O)cn1.O=C([O-])[O-].[Cs+].[Cs+]. The van der Waals surface area contributed by atoms with Gasteiger partial charge in [0.25, 0.3) is 0 Å². The van der Waals surface area contributed by atoms with Crippen LogP contribution in [-0.4, -0.2) is 28.3 Å². The monoisotopic (exact) mass is 463 g/mol. The van der Waals surface area contributed by atoms with Crippen LogP contribution < -0.4 is 153 Å². The Bertz CT molecular complexity index is 291. The van der Waals surface area contributed by atoms with E-state index in [0.29, 0.717) is 5.46 Å². The Morgan fingerprint density at radius 2 is 1.75 bits per heavy atom. The van der Waals surface area contributed by atoms with Gasteiger partial charge in [0, 0.05) is 17.4 Å². The Balaban J connectivity index is -0.000000249. The maximum atomic E-state index is 8.63. The third-order valence-corrected chi connectivity index (χ3v) is 1.23. The van der Waals surface area contributed by atoms with Gasteiger partial charge in [-0.15, -0.1) is 0 Å². The molecule has 2 N–H and O–H groups in total. The van der Waals surface area contributed by atoms with E-state index in [4.69, 9.17) is 25.1 Å². The average Bonchev–Trinajstić information content (AvgIpc) is 2.03. The van der Waals surface area contributed by atoms with E-state index < -0.39 is 13.3 Å². The van der Waals surface area contributed by atoms with Gasteiger partial charge >= 0.3 is 145 Å². The van der Waals surface area contributed by atoms with E-state index in [-0.39, 0.29) is 138 Å². The first kappa shape index (κ1) is 23.6. The molecule has 0 fully saturated rings. The zero-order valence-electron chi connectivity index (χ0n) is 9.38. The Hall–Kier alpha value is 2.51. The van der Waals surface area contributed by atoms with Gasteiger partial charge in [-0.05, 0) is 19.1 Å². The summed E-state index contributed by atoms with van der Waals surface area (Å²) in [4.78, 5) is 12.2. The smallest absolute Gasteiger partial charge is 0.652 e. The van der Waals surface area contributed by atoms with Crippen molar-refractivity contribution in [3.8, 4) is 0 Å². The van der Waals surface area contributed by atoms with Crippen LogP contribution in [0, 0.1) is 6.92 Å². The molecule has 1 rings (SSSR count).